The highest BCUT2D eigenvalue weighted by Crippen LogP contribution is 2.30. The highest BCUT2D eigenvalue weighted by Gasteiger charge is 2.17. The fraction of sp³-hybridized carbons (Fsp3) is 0.824. The molecule has 0 fully saturated rings. The predicted molar refractivity (Wildman–Crippen MR) is 95.5 cm³/mol. The summed E-state index contributed by atoms with van der Waals surface area (Å²) in [7, 11) is 2.17. The van der Waals surface area contributed by atoms with Gasteiger partial charge in [-0.25, -0.2) is 4.98 Å². The average Bonchev–Trinajstić information content (AvgIpc) is 2.82. The van der Waals surface area contributed by atoms with E-state index in [4.69, 9.17) is 4.98 Å². The topological polar surface area (TPSA) is 28.2 Å². The molecule has 1 atom stereocenters. The van der Waals surface area contributed by atoms with E-state index in [1.54, 1.807) is 0 Å². The molecular weight excluding hydrogens is 278 g/mol. The molecule has 1 N–H and O–H groups in total. The first-order valence-corrected chi connectivity index (χ1v) is 9.08. The van der Waals surface area contributed by atoms with E-state index in [0.29, 0.717) is 17.8 Å². The number of hydrogen-bond donors (Lipinski definition) is 1. The molecule has 0 amide bonds. The van der Waals surface area contributed by atoms with Crippen molar-refractivity contribution in [2.75, 3.05) is 25.0 Å². The van der Waals surface area contributed by atoms with Gasteiger partial charge < -0.3 is 10.2 Å². The van der Waals surface area contributed by atoms with Crippen LogP contribution in [0.3, 0.4) is 0 Å². The van der Waals surface area contributed by atoms with Crippen molar-refractivity contribution in [1.29, 1.82) is 0 Å². The summed E-state index contributed by atoms with van der Waals surface area (Å²) >= 11 is 1.85. The van der Waals surface area contributed by atoms with Crippen molar-refractivity contribution >= 4 is 16.5 Å². The fourth-order valence-electron chi connectivity index (χ4n) is 2.24. The molecule has 0 aromatic carbocycles. The van der Waals surface area contributed by atoms with E-state index in [2.05, 4.69) is 58.8 Å². The van der Waals surface area contributed by atoms with Crippen molar-refractivity contribution < 1.29 is 0 Å². The third kappa shape index (κ3) is 5.95. The highest BCUT2D eigenvalue weighted by molar-refractivity contribution is 7.15. The summed E-state index contributed by atoms with van der Waals surface area (Å²) in [4.78, 5) is 8.61. The second-order valence-corrected chi connectivity index (χ2v) is 7.94. The number of hydrogen-bond acceptors (Lipinski definition) is 4. The van der Waals surface area contributed by atoms with Gasteiger partial charge in [-0.1, -0.05) is 48.0 Å². The van der Waals surface area contributed by atoms with Crippen molar-refractivity contribution in [3.8, 4) is 0 Å². The van der Waals surface area contributed by atoms with Gasteiger partial charge in [0.25, 0.3) is 0 Å². The zero-order valence-corrected chi connectivity index (χ0v) is 15.7. The zero-order chi connectivity index (χ0) is 16.0. The molecule has 1 rings (SSSR count). The number of anilines is 1. The first-order chi connectivity index (χ1) is 9.85. The molecule has 4 heteroatoms. The van der Waals surface area contributed by atoms with Crippen LogP contribution < -0.4 is 10.2 Å². The number of nitrogens with zero attached hydrogens (tertiary/aromatic N) is 2. The van der Waals surface area contributed by atoms with Gasteiger partial charge in [-0.05, 0) is 24.3 Å². The lowest BCUT2D eigenvalue weighted by atomic mass is 10.1. The molecule has 1 heterocycles. The van der Waals surface area contributed by atoms with Crippen LogP contribution in [0.5, 0.6) is 0 Å². The van der Waals surface area contributed by atoms with E-state index < -0.39 is 0 Å². The Bertz CT molecular complexity index is 412. The summed E-state index contributed by atoms with van der Waals surface area (Å²) in [6, 6.07) is 0. The van der Waals surface area contributed by atoms with Gasteiger partial charge in [0.2, 0.25) is 0 Å². The van der Waals surface area contributed by atoms with Crippen LogP contribution in [0.4, 0.5) is 5.13 Å². The Kier molecular flexibility index (Phi) is 7.67. The van der Waals surface area contributed by atoms with Crippen molar-refractivity contribution in [2.24, 2.45) is 11.8 Å². The van der Waals surface area contributed by atoms with E-state index in [1.807, 2.05) is 11.3 Å². The SMILES string of the molecule is CCC(C)CN(C)c1nc(C(C)C)c(CNCC(C)C)s1. The summed E-state index contributed by atoms with van der Waals surface area (Å²) < 4.78 is 0. The van der Waals surface area contributed by atoms with Crippen molar-refractivity contribution in [2.45, 2.75) is 60.4 Å². The van der Waals surface area contributed by atoms with E-state index in [-0.39, 0.29) is 0 Å². The third-order valence-corrected chi connectivity index (χ3v) is 4.90. The molecule has 0 saturated heterocycles. The maximum atomic E-state index is 4.90. The molecule has 0 bridgehead atoms. The normalized spacial score (nSPS) is 13.2. The van der Waals surface area contributed by atoms with Gasteiger partial charge in [-0.2, -0.15) is 0 Å². The molecule has 122 valence electrons. The standard InChI is InChI=1S/C17H33N3S/c1-8-14(6)11-20(7)17-19-16(13(4)5)15(21-17)10-18-9-12(2)3/h12-14,18H,8-11H2,1-7H3. The first kappa shape index (κ1) is 18.4. The molecule has 1 aromatic rings. The smallest absolute Gasteiger partial charge is 0.185 e. The number of nitrogens with one attached hydrogen (secondary N) is 1. The molecule has 0 saturated carbocycles. The second-order valence-electron chi connectivity index (χ2n) is 6.88. The van der Waals surface area contributed by atoms with Crippen LogP contribution in [0.25, 0.3) is 0 Å². The van der Waals surface area contributed by atoms with Crippen molar-refractivity contribution in [3.05, 3.63) is 10.6 Å². The number of rotatable bonds is 9. The molecular formula is C17H33N3S. The van der Waals surface area contributed by atoms with E-state index in [1.165, 1.54) is 22.1 Å². The second kappa shape index (κ2) is 8.74. The molecule has 0 radical (unpaired) electrons. The van der Waals surface area contributed by atoms with Gasteiger partial charge in [0.1, 0.15) is 0 Å². The first-order valence-electron chi connectivity index (χ1n) is 8.26. The van der Waals surface area contributed by atoms with Gasteiger partial charge in [-0.15, -0.1) is 11.3 Å². The predicted octanol–water partition coefficient (Wildman–Crippen LogP) is 4.49. The van der Waals surface area contributed by atoms with E-state index in [9.17, 15) is 0 Å². The van der Waals surface area contributed by atoms with Gasteiger partial charge in [0.05, 0.1) is 5.69 Å². The van der Waals surface area contributed by atoms with Gasteiger partial charge >= 0.3 is 0 Å². The summed E-state index contributed by atoms with van der Waals surface area (Å²) in [5.41, 5.74) is 1.27. The summed E-state index contributed by atoms with van der Waals surface area (Å²) in [6.45, 7) is 16.6. The third-order valence-electron chi connectivity index (χ3n) is 3.71. The molecule has 0 aliphatic rings. The van der Waals surface area contributed by atoms with Gasteiger partial charge in [0, 0.05) is 25.0 Å². The summed E-state index contributed by atoms with van der Waals surface area (Å²) in [6.07, 6.45) is 1.22. The van der Waals surface area contributed by atoms with Gasteiger partial charge in [-0.3, -0.25) is 0 Å². The molecule has 3 nitrogen and oxygen atoms in total. The fourth-order valence-corrected chi connectivity index (χ4v) is 3.40. The Hall–Kier alpha value is -0.610. The Balaban J connectivity index is 2.78. The maximum Gasteiger partial charge on any atom is 0.185 e. The van der Waals surface area contributed by atoms with Crippen molar-refractivity contribution in [1.82, 2.24) is 10.3 Å². The van der Waals surface area contributed by atoms with E-state index >= 15 is 0 Å². The Morgan fingerprint density at radius 3 is 2.38 bits per heavy atom. The minimum absolute atomic E-state index is 0.489. The zero-order valence-electron chi connectivity index (χ0n) is 14.9. The van der Waals surface area contributed by atoms with Crippen LogP contribution in [0.2, 0.25) is 0 Å². The quantitative estimate of drug-likeness (QED) is 0.728. The number of aromatic nitrogens is 1. The van der Waals surface area contributed by atoms with Crippen LogP contribution in [-0.2, 0) is 6.54 Å². The monoisotopic (exact) mass is 311 g/mol. The van der Waals surface area contributed by atoms with Crippen LogP contribution >= 0.6 is 11.3 Å². The lowest BCUT2D eigenvalue weighted by molar-refractivity contribution is 0.552. The average molecular weight is 312 g/mol. The van der Waals surface area contributed by atoms with Crippen LogP contribution in [0, 0.1) is 11.8 Å². The lowest BCUT2D eigenvalue weighted by Crippen LogP contribution is -2.23. The Labute approximate surface area is 135 Å². The Morgan fingerprint density at radius 2 is 1.86 bits per heavy atom. The summed E-state index contributed by atoms with van der Waals surface area (Å²) in [5, 5.41) is 4.72. The van der Waals surface area contributed by atoms with Crippen LogP contribution in [0.1, 0.15) is 64.5 Å². The van der Waals surface area contributed by atoms with Crippen LogP contribution in [-0.4, -0.2) is 25.1 Å². The molecule has 0 spiro atoms. The molecule has 0 aliphatic heterocycles. The molecule has 1 aromatic heterocycles. The molecule has 21 heavy (non-hydrogen) atoms. The summed E-state index contributed by atoms with van der Waals surface area (Å²) in [5.74, 6) is 1.89. The highest BCUT2D eigenvalue weighted by atomic mass is 32.1. The van der Waals surface area contributed by atoms with Crippen molar-refractivity contribution in [3.63, 3.8) is 0 Å². The maximum absolute atomic E-state index is 4.90. The minimum atomic E-state index is 0.489. The van der Waals surface area contributed by atoms with E-state index in [0.717, 1.165) is 19.6 Å². The Morgan fingerprint density at radius 1 is 1.19 bits per heavy atom. The molecule has 0 aliphatic carbocycles. The number of thiazole rings is 1. The van der Waals surface area contributed by atoms with Gasteiger partial charge in [0.15, 0.2) is 5.13 Å². The van der Waals surface area contributed by atoms with Crippen LogP contribution in [0.15, 0.2) is 0 Å². The largest absolute Gasteiger partial charge is 0.351 e. The minimum Gasteiger partial charge on any atom is -0.351 e. The molecule has 1 unspecified atom stereocenters. The lowest BCUT2D eigenvalue weighted by Gasteiger charge is -2.19.